The molecule has 30 heavy (non-hydrogen) atoms. The lowest BCUT2D eigenvalue weighted by molar-refractivity contribution is 0.0945. The molecule has 160 valence electrons. The van der Waals surface area contributed by atoms with E-state index in [-0.39, 0.29) is 16.4 Å². The van der Waals surface area contributed by atoms with Crippen molar-refractivity contribution < 1.29 is 14.7 Å². The zero-order valence-electron chi connectivity index (χ0n) is 17.4. The van der Waals surface area contributed by atoms with E-state index in [0.717, 1.165) is 25.7 Å². The van der Waals surface area contributed by atoms with E-state index in [1.165, 1.54) is 19.3 Å². The summed E-state index contributed by atoms with van der Waals surface area (Å²) in [5.74, 6) is 0.844. The van der Waals surface area contributed by atoms with Crippen LogP contribution in [0.3, 0.4) is 0 Å². The normalized spacial score (nSPS) is 24.8. The fraction of sp³-hybridized carbons (Fsp3) is 0.522. The first-order valence-electron chi connectivity index (χ1n) is 10.9. The van der Waals surface area contributed by atoms with Gasteiger partial charge in [0.1, 0.15) is 6.04 Å². The van der Waals surface area contributed by atoms with Crippen LogP contribution in [0.1, 0.15) is 62.2 Å². The zero-order valence-corrected chi connectivity index (χ0v) is 18.1. The third-order valence-corrected chi connectivity index (χ3v) is 7.26. The third-order valence-electron chi connectivity index (χ3n) is 6.94. The number of hydrogen-bond acceptors (Lipinski definition) is 3. The molecule has 2 aromatic rings. The third kappa shape index (κ3) is 3.67. The summed E-state index contributed by atoms with van der Waals surface area (Å²) < 4.78 is -0.165. The fourth-order valence-electron chi connectivity index (χ4n) is 5.14. The second kappa shape index (κ2) is 8.52. The summed E-state index contributed by atoms with van der Waals surface area (Å²) in [5.41, 5.74) is 1.01. The monoisotopic (exact) mass is 430 g/mol. The molecule has 2 aliphatic rings. The quantitative estimate of drug-likeness (QED) is 0.639. The molecule has 1 aliphatic heterocycles. The second-order valence-electron chi connectivity index (χ2n) is 8.74. The van der Waals surface area contributed by atoms with Crippen molar-refractivity contribution in [2.24, 2.45) is 5.92 Å². The number of carboxylic acid groups (broad SMARTS) is 1. The van der Waals surface area contributed by atoms with Crippen LogP contribution in [0.2, 0.25) is 5.02 Å². The Morgan fingerprint density at radius 1 is 1.13 bits per heavy atom. The van der Waals surface area contributed by atoms with Crippen molar-refractivity contribution in [1.29, 1.82) is 0 Å². The van der Waals surface area contributed by atoms with Crippen LogP contribution in [-0.4, -0.2) is 41.2 Å². The van der Waals surface area contributed by atoms with Gasteiger partial charge in [0.15, 0.2) is 0 Å². The number of likely N-dealkylation sites (tertiary alicyclic amines) is 1. The van der Waals surface area contributed by atoms with Crippen molar-refractivity contribution in [1.82, 2.24) is 14.8 Å². The molecular formula is C23H29ClN3O3+. The highest BCUT2D eigenvalue weighted by Crippen LogP contribution is 2.36. The van der Waals surface area contributed by atoms with E-state index >= 15 is 0 Å². The molecule has 0 spiro atoms. The summed E-state index contributed by atoms with van der Waals surface area (Å²) in [5, 5.41) is 14.1. The Bertz CT molecular complexity index is 974. The number of hydrogen-bond donors (Lipinski definition) is 2. The van der Waals surface area contributed by atoms with Crippen LogP contribution in [0.15, 0.2) is 24.3 Å². The molecule has 1 saturated carbocycles. The highest BCUT2D eigenvalue weighted by molar-refractivity contribution is 6.35. The number of carbonyl (C=O) groups excluding carboxylic acids is 1. The molecule has 2 atom stereocenters. The standard InChI is InChI=1S/C23H28ClN3O3/c1-15-6-5-13-27(15,23(29)30)20-12-9-17-19(26-20)11-10-18(24)21(17)22(28)25-14-16-7-3-2-4-8-16/h9-12,15-16H,2-8,13-14H2,1H3,(H-,25,28,29,30)/p+1/t15-,27?/m1/s1. The Labute approximate surface area is 181 Å². The maximum absolute atomic E-state index is 13.0. The van der Waals surface area contributed by atoms with E-state index in [0.29, 0.717) is 46.3 Å². The average Bonchev–Trinajstić information content (AvgIpc) is 3.15. The van der Waals surface area contributed by atoms with Gasteiger partial charge in [-0.1, -0.05) is 30.9 Å². The summed E-state index contributed by atoms with van der Waals surface area (Å²) in [6, 6.07) is 6.94. The van der Waals surface area contributed by atoms with Crippen molar-refractivity contribution in [3.63, 3.8) is 0 Å². The molecule has 1 aliphatic carbocycles. The van der Waals surface area contributed by atoms with Crippen molar-refractivity contribution in [3.8, 4) is 0 Å². The first kappa shape index (κ1) is 21.1. The molecule has 1 unspecified atom stereocenters. The van der Waals surface area contributed by atoms with Crippen LogP contribution in [-0.2, 0) is 0 Å². The van der Waals surface area contributed by atoms with Gasteiger partial charge in [-0.3, -0.25) is 4.79 Å². The smallest absolute Gasteiger partial charge is 0.435 e. The van der Waals surface area contributed by atoms with Crippen molar-refractivity contribution in [2.75, 3.05) is 13.1 Å². The molecule has 2 fully saturated rings. The van der Waals surface area contributed by atoms with Crippen LogP contribution in [0, 0.1) is 5.92 Å². The number of pyridine rings is 1. The lowest BCUT2D eigenvalue weighted by Gasteiger charge is -2.30. The van der Waals surface area contributed by atoms with Gasteiger partial charge in [0.25, 0.3) is 5.91 Å². The van der Waals surface area contributed by atoms with E-state index in [1.807, 2.05) is 6.92 Å². The topological polar surface area (TPSA) is 79.3 Å². The molecule has 1 aromatic heterocycles. The number of nitrogens with zero attached hydrogens (tertiary/aromatic N) is 2. The number of rotatable bonds is 4. The number of halogens is 1. The van der Waals surface area contributed by atoms with Crippen LogP contribution < -0.4 is 9.80 Å². The molecule has 7 heteroatoms. The molecule has 1 aromatic carbocycles. The van der Waals surface area contributed by atoms with E-state index in [1.54, 1.807) is 24.3 Å². The van der Waals surface area contributed by atoms with Crippen LogP contribution in [0.5, 0.6) is 0 Å². The van der Waals surface area contributed by atoms with Gasteiger partial charge in [0, 0.05) is 30.8 Å². The predicted octanol–water partition coefficient (Wildman–Crippen LogP) is 5.37. The number of nitrogens with one attached hydrogen (secondary N) is 1. The van der Waals surface area contributed by atoms with Gasteiger partial charge in [-0.2, -0.15) is 14.3 Å². The number of fused-ring (bicyclic) bond motifs is 1. The molecule has 2 N–H and O–H groups in total. The van der Waals surface area contributed by atoms with E-state index < -0.39 is 6.09 Å². The molecule has 2 amide bonds. The van der Waals surface area contributed by atoms with Gasteiger partial charge in [-0.25, -0.2) is 0 Å². The van der Waals surface area contributed by atoms with Crippen molar-refractivity contribution in [2.45, 2.75) is 57.9 Å². The Morgan fingerprint density at radius 3 is 2.57 bits per heavy atom. The Kier molecular flexibility index (Phi) is 5.98. The largest absolute Gasteiger partial charge is 0.520 e. The van der Waals surface area contributed by atoms with E-state index in [4.69, 9.17) is 11.6 Å². The van der Waals surface area contributed by atoms with E-state index in [2.05, 4.69) is 10.3 Å². The Morgan fingerprint density at radius 2 is 1.90 bits per heavy atom. The van der Waals surface area contributed by atoms with Crippen LogP contribution in [0.25, 0.3) is 10.9 Å². The molecule has 6 nitrogen and oxygen atoms in total. The first-order valence-corrected chi connectivity index (χ1v) is 11.3. The fourth-order valence-corrected chi connectivity index (χ4v) is 5.39. The number of aromatic nitrogens is 1. The van der Waals surface area contributed by atoms with E-state index in [9.17, 15) is 14.7 Å². The molecule has 0 radical (unpaired) electrons. The average molecular weight is 431 g/mol. The number of amides is 2. The lowest BCUT2D eigenvalue weighted by atomic mass is 9.89. The second-order valence-corrected chi connectivity index (χ2v) is 9.15. The SMILES string of the molecule is C[C@@H]1CCC[N+]1(C(=O)O)c1ccc2c(C(=O)NCC3CCCCC3)c(Cl)ccc2n1. The minimum absolute atomic E-state index is 0.0435. The highest BCUT2D eigenvalue weighted by Gasteiger charge is 2.49. The Hall–Kier alpha value is -2.18. The minimum atomic E-state index is -0.883. The number of quaternary nitrogens is 1. The van der Waals surface area contributed by atoms with Gasteiger partial charge < -0.3 is 10.4 Å². The summed E-state index contributed by atoms with van der Waals surface area (Å²) in [7, 11) is 0. The van der Waals surface area contributed by atoms with Crippen molar-refractivity contribution in [3.05, 3.63) is 34.9 Å². The number of carbonyl (C=O) groups is 2. The lowest BCUT2D eigenvalue weighted by Crippen LogP contribution is -2.56. The van der Waals surface area contributed by atoms with Gasteiger partial charge in [0.2, 0.25) is 5.82 Å². The summed E-state index contributed by atoms with van der Waals surface area (Å²) in [6.07, 6.45) is 6.86. The molecule has 2 heterocycles. The molecule has 0 bridgehead atoms. The summed E-state index contributed by atoms with van der Waals surface area (Å²) in [4.78, 5) is 29.8. The number of benzene rings is 1. The molecule has 4 rings (SSSR count). The first-order chi connectivity index (χ1) is 14.4. The van der Waals surface area contributed by atoms with Gasteiger partial charge in [-0.15, -0.1) is 0 Å². The molecule has 1 saturated heterocycles. The molecular weight excluding hydrogens is 402 g/mol. The maximum Gasteiger partial charge on any atom is 0.520 e. The van der Waals surface area contributed by atoms with Crippen LogP contribution in [0.4, 0.5) is 10.6 Å². The van der Waals surface area contributed by atoms with Crippen LogP contribution >= 0.6 is 11.6 Å². The minimum Gasteiger partial charge on any atom is -0.435 e. The highest BCUT2D eigenvalue weighted by atomic mass is 35.5. The summed E-state index contributed by atoms with van der Waals surface area (Å²) >= 11 is 6.40. The zero-order chi connectivity index (χ0) is 21.3. The van der Waals surface area contributed by atoms with Gasteiger partial charge >= 0.3 is 6.09 Å². The van der Waals surface area contributed by atoms with Gasteiger partial charge in [-0.05, 0) is 43.9 Å². The van der Waals surface area contributed by atoms with Gasteiger partial charge in [0.05, 0.1) is 22.6 Å². The van der Waals surface area contributed by atoms with Crippen molar-refractivity contribution >= 4 is 40.3 Å². The predicted molar refractivity (Wildman–Crippen MR) is 119 cm³/mol. The Balaban J connectivity index is 1.65. The summed E-state index contributed by atoms with van der Waals surface area (Å²) in [6.45, 7) is 3.14. The maximum atomic E-state index is 13.0.